The molecule has 2 N–H and O–H groups in total. The molecule has 1 aromatic carbocycles. The molecule has 0 aliphatic rings. The zero-order valence-corrected chi connectivity index (χ0v) is 15.2. The number of aromatic nitrogens is 3. The van der Waals surface area contributed by atoms with E-state index in [2.05, 4.69) is 25.2 Å². The number of amides is 2. The lowest BCUT2D eigenvalue weighted by Crippen LogP contribution is -2.12. The summed E-state index contributed by atoms with van der Waals surface area (Å²) >= 11 is 2.43. The quantitative estimate of drug-likeness (QED) is 0.714. The number of hydrogen-bond acceptors (Lipinski definition) is 7. The molecule has 2 amide bonds. The van der Waals surface area contributed by atoms with E-state index >= 15 is 0 Å². The molecule has 2 aromatic heterocycles. The van der Waals surface area contributed by atoms with E-state index in [0.717, 1.165) is 28.5 Å². The van der Waals surface area contributed by atoms with Crippen molar-refractivity contribution in [2.24, 2.45) is 0 Å². The summed E-state index contributed by atoms with van der Waals surface area (Å²) in [5.74, 6) is -0.357. The predicted molar refractivity (Wildman–Crippen MR) is 99.1 cm³/mol. The lowest BCUT2D eigenvalue weighted by atomic mass is 10.1. The molecule has 0 atom stereocenters. The van der Waals surface area contributed by atoms with Crippen LogP contribution in [-0.2, 0) is 11.2 Å². The van der Waals surface area contributed by atoms with Crippen molar-refractivity contribution in [2.75, 3.05) is 10.6 Å². The Morgan fingerprint density at radius 2 is 1.92 bits per heavy atom. The number of hydrogen-bond donors (Lipinski definition) is 2. The van der Waals surface area contributed by atoms with Crippen LogP contribution in [0.15, 0.2) is 29.6 Å². The van der Waals surface area contributed by atoms with Crippen molar-refractivity contribution in [3.05, 3.63) is 40.2 Å². The van der Waals surface area contributed by atoms with Gasteiger partial charge in [0.15, 0.2) is 5.13 Å². The first kappa shape index (κ1) is 17.2. The van der Waals surface area contributed by atoms with Crippen LogP contribution in [0.3, 0.4) is 0 Å². The van der Waals surface area contributed by atoms with Crippen molar-refractivity contribution in [2.45, 2.75) is 20.3 Å². The van der Waals surface area contributed by atoms with Gasteiger partial charge in [0.25, 0.3) is 5.91 Å². The summed E-state index contributed by atoms with van der Waals surface area (Å²) in [4.78, 5) is 28.3. The number of rotatable bonds is 5. The maximum atomic E-state index is 12.3. The fourth-order valence-corrected chi connectivity index (χ4v) is 3.52. The second-order valence-corrected chi connectivity index (χ2v) is 6.77. The third-order valence-corrected chi connectivity index (χ3v) is 4.85. The molecule has 2 heterocycles. The molecule has 0 radical (unpaired) electrons. The Morgan fingerprint density at radius 1 is 1.16 bits per heavy atom. The highest BCUT2D eigenvalue weighted by atomic mass is 32.1. The zero-order chi connectivity index (χ0) is 17.8. The van der Waals surface area contributed by atoms with Gasteiger partial charge in [-0.05, 0) is 30.1 Å². The highest BCUT2D eigenvalue weighted by Crippen LogP contribution is 2.26. The van der Waals surface area contributed by atoms with Crippen LogP contribution >= 0.6 is 22.9 Å². The number of thiazole rings is 1. The largest absolute Gasteiger partial charge is 0.326 e. The molecule has 3 aromatic rings. The van der Waals surface area contributed by atoms with Crippen LogP contribution in [-0.4, -0.2) is 26.4 Å². The molecule has 0 spiro atoms. The predicted octanol–water partition coefficient (Wildman–Crippen LogP) is 3.43. The third kappa shape index (κ3) is 4.06. The van der Waals surface area contributed by atoms with Crippen molar-refractivity contribution in [3.63, 3.8) is 0 Å². The summed E-state index contributed by atoms with van der Waals surface area (Å²) < 4.78 is 3.82. The molecular formula is C16H15N5O2S2. The molecule has 0 aliphatic heterocycles. The Morgan fingerprint density at radius 3 is 2.60 bits per heavy atom. The number of benzene rings is 1. The van der Waals surface area contributed by atoms with Gasteiger partial charge >= 0.3 is 0 Å². The van der Waals surface area contributed by atoms with E-state index in [4.69, 9.17) is 0 Å². The molecule has 0 saturated heterocycles. The van der Waals surface area contributed by atoms with Gasteiger partial charge in [-0.15, -0.1) is 16.4 Å². The first-order valence-electron chi connectivity index (χ1n) is 7.53. The standard InChI is InChI=1S/C16H15N5O2S2/c1-3-12-14(25-21-20-12)15(23)19-16-18-13(8-24-16)10-4-6-11(7-5-10)17-9(2)22/h4-8H,3H2,1-2H3,(H,17,22)(H,18,19,23). The fraction of sp³-hybridized carbons (Fsp3) is 0.188. The smallest absolute Gasteiger partial charge is 0.271 e. The van der Waals surface area contributed by atoms with E-state index in [1.165, 1.54) is 18.3 Å². The Hall–Kier alpha value is -2.65. The van der Waals surface area contributed by atoms with E-state index in [1.807, 2.05) is 36.6 Å². The maximum absolute atomic E-state index is 12.3. The Bertz CT molecular complexity index is 901. The van der Waals surface area contributed by atoms with Crippen LogP contribution in [0.2, 0.25) is 0 Å². The van der Waals surface area contributed by atoms with E-state index in [9.17, 15) is 9.59 Å². The average Bonchev–Trinajstić information content (AvgIpc) is 3.23. The van der Waals surface area contributed by atoms with Gasteiger partial charge in [0.2, 0.25) is 5.91 Å². The molecule has 128 valence electrons. The number of carbonyl (C=O) groups is 2. The minimum atomic E-state index is -0.242. The highest BCUT2D eigenvalue weighted by molar-refractivity contribution is 7.14. The summed E-state index contributed by atoms with van der Waals surface area (Å²) in [7, 11) is 0. The number of carbonyl (C=O) groups excluding carboxylic acids is 2. The summed E-state index contributed by atoms with van der Waals surface area (Å²) in [6, 6.07) is 7.36. The zero-order valence-electron chi connectivity index (χ0n) is 13.6. The van der Waals surface area contributed by atoms with Crippen molar-refractivity contribution in [3.8, 4) is 11.3 Å². The Balaban J connectivity index is 1.72. The molecule has 0 saturated carbocycles. The van der Waals surface area contributed by atoms with Crippen LogP contribution in [0.5, 0.6) is 0 Å². The van der Waals surface area contributed by atoms with E-state index in [0.29, 0.717) is 22.1 Å². The molecule has 9 heteroatoms. The third-order valence-electron chi connectivity index (χ3n) is 3.32. The summed E-state index contributed by atoms with van der Waals surface area (Å²) in [5.41, 5.74) is 3.07. The summed E-state index contributed by atoms with van der Waals surface area (Å²) in [6.45, 7) is 3.39. The first-order valence-corrected chi connectivity index (χ1v) is 9.18. The lowest BCUT2D eigenvalue weighted by molar-refractivity contribution is -0.114. The lowest BCUT2D eigenvalue weighted by Gasteiger charge is -2.03. The van der Waals surface area contributed by atoms with Crippen molar-refractivity contribution < 1.29 is 9.59 Å². The monoisotopic (exact) mass is 373 g/mol. The minimum Gasteiger partial charge on any atom is -0.326 e. The molecule has 3 rings (SSSR count). The maximum Gasteiger partial charge on any atom is 0.271 e. The second kappa shape index (κ2) is 7.49. The van der Waals surface area contributed by atoms with Crippen LogP contribution in [0, 0.1) is 0 Å². The SMILES string of the molecule is CCc1nnsc1C(=O)Nc1nc(-c2ccc(NC(C)=O)cc2)cs1. The fourth-order valence-electron chi connectivity index (χ4n) is 2.16. The highest BCUT2D eigenvalue weighted by Gasteiger charge is 2.16. The van der Waals surface area contributed by atoms with Gasteiger partial charge in [0.05, 0.1) is 11.4 Å². The van der Waals surface area contributed by atoms with Gasteiger partial charge in [-0.3, -0.25) is 14.9 Å². The van der Waals surface area contributed by atoms with E-state index in [-0.39, 0.29) is 11.8 Å². The molecule has 25 heavy (non-hydrogen) atoms. The van der Waals surface area contributed by atoms with Crippen molar-refractivity contribution >= 4 is 45.5 Å². The molecule has 0 bridgehead atoms. The second-order valence-electron chi connectivity index (χ2n) is 5.15. The molecule has 7 nitrogen and oxygen atoms in total. The average molecular weight is 373 g/mol. The topological polar surface area (TPSA) is 96.9 Å². The van der Waals surface area contributed by atoms with Gasteiger partial charge in [0, 0.05) is 23.6 Å². The van der Waals surface area contributed by atoms with Gasteiger partial charge in [0.1, 0.15) is 4.88 Å². The number of aryl methyl sites for hydroxylation is 1. The first-order chi connectivity index (χ1) is 12.1. The van der Waals surface area contributed by atoms with Crippen molar-refractivity contribution in [1.29, 1.82) is 0 Å². The van der Waals surface area contributed by atoms with Crippen LogP contribution in [0.4, 0.5) is 10.8 Å². The van der Waals surface area contributed by atoms with Gasteiger partial charge in [-0.2, -0.15) is 0 Å². The van der Waals surface area contributed by atoms with Crippen LogP contribution < -0.4 is 10.6 Å². The molecule has 0 fully saturated rings. The van der Waals surface area contributed by atoms with Crippen LogP contribution in [0.1, 0.15) is 29.2 Å². The Labute approximate surface area is 152 Å². The number of nitrogens with one attached hydrogen (secondary N) is 2. The molecular weight excluding hydrogens is 358 g/mol. The van der Waals surface area contributed by atoms with Crippen LogP contribution in [0.25, 0.3) is 11.3 Å². The molecule has 0 unspecified atom stereocenters. The van der Waals surface area contributed by atoms with Gasteiger partial charge in [-0.1, -0.05) is 23.5 Å². The summed E-state index contributed by atoms with van der Waals surface area (Å²) in [6.07, 6.45) is 0.656. The van der Waals surface area contributed by atoms with Crippen molar-refractivity contribution in [1.82, 2.24) is 14.6 Å². The van der Waals surface area contributed by atoms with E-state index in [1.54, 1.807) is 0 Å². The van der Waals surface area contributed by atoms with Gasteiger partial charge < -0.3 is 5.32 Å². The number of nitrogens with zero attached hydrogens (tertiary/aromatic N) is 3. The normalized spacial score (nSPS) is 10.5. The minimum absolute atomic E-state index is 0.115. The Kier molecular flexibility index (Phi) is 5.15. The summed E-state index contributed by atoms with van der Waals surface area (Å²) in [5, 5.41) is 11.8. The van der Waals surface area contributed by atoms with E-state index < -0.39 is 0 Å². The molecule has 0 aliphatic carbocycles. The number of anilines is 2. The van der Waals surface area contributed by atoms with Gasteiger partial charge in [-0.25, -0.2) is 4.98 Å².